The van der Waals surface area contributed by atoms with E-state index in [1.165, 1.54) is 26.2 Å². The highest BCUT2D eigenvalue weighted by Crippen LogP contribution is 2.36. The SMILES string of the molecule is COc1cc2nc(C)nc(NCc3cc(F)cc(C(F)(F)F)c3F)c2cc1OCCOCC(F)(F)F. The number of nitrogens with zero attached hydrogens (tertiary/aromatic N) is 2. The van der Waals surface area contributed by atoms with Gasteiger partial charge in [0.25, 0.3) is 0 Å². The summed E-state index contributed by atoms with van der Waals surface area (Å²) in [5, 5.41) is 2.96. The molecule has 0 amide bonds. The van der Waals surface area contributed by atoms with Crippen LogP contribution in [0.25, 0.3) is 10.9 Å². The number of hydrogen-bond acceptors (Lipinski definition) is 6. The van der Waals surface area contributed by atoms with Crippen LogP contribution in [0.2, 0.25) is 0 Å². The Bertz CT molecular complexity index is 1230. The fourth-order valence-corrected chi connectivity index (χ4v) is 3.22. The van der Waals surface area contributed by atoms with Crippen molar-refractivity contribution in [3.05, 3.63) is 52.9 Å². The molecule has 2 aromatic carbocycles. The van der Waals surface area contributed by atoms with E-state index in [0.717, 1.165) is 0 Å². The zero-order chi connectivity index (χ0) is 26.7. The average molecular weight is 525 g/mol. The predicted molar refractivity (Wildman–Crippen MR) is 112 cm³/mol. The van der Waals surface area contributed by atoms with Crippen molar-refractivity contribution in [3.63, 3.8) is 0 Å². The summed E-state index contributed by atoms with van der Waals surface area (Å²) in [5.74, 6) is -2.30. The minimum Gasteiger partial charge on any atom is -0.493 e. The lowest BCUT2D eigenvalue weighted by Crippen LogP contribution is -2.19. The van der Waals surface area contributed by atoms with Crippen molar-refractivity contribution in [3.8, 4) is 11.5 Å². The van der Waals surface area contributed by atoms with Gasteiger partial charge in [-0.3, -0.25) is 0 Å². The highest BCUT2D eigenvalue weighted by molar-refractivity contribution is 5.91. The molecule has 0 fully saturated rings. The molecule has 0 aliphatic carbocycles. The van der Waals surface area contributed by atoms with E-state index in [9.17, 15) is 35.1 Å². The van der Waals surface area contributed by atoms with E-state index in [-0.39, 0.29) is 47.8 Å². The standard InChI is InChI=1S/C22H19F8N3O3/c1-11-32-16-8-17(34-2)18(36-4-3-35-10-21(25,26)27)7-14(16)20(33-11)31-9-12-5-13(23)6-15(19(12)24)22(28,29)30/h5-8H,3-4,9-10H2,1-2H3,(H,31,32,33). The summed E-state index contributed by atoms with van der Waals surface area (Å²) < 4.78 is 119. The van der Waals surface area contributed by atoms with Crippen LogP contribution in [-0.4, -0.2) is 43.1 Å². The number of alkyl halides is 6. The second-order valence-electron chi connectivity index (χ2n) is 7.43. The third kappa shape index (κ3) is 6.83. The number of anilines is 1. The smallest absolute Gasteiger partial charge is 0.419 e. The van der Waals surface area contributed by atoms with Crippen LogP contribution in [-0.2, 0) is 17.5 Å². The van der Waals surface area contributed by atoms with E-state index in [2.05, 4.69) is 20.0 Å². The van der Waals surface area contributed by atoms with Gasteiger partial charge >= 0.3 is 12.4 Å². The number of aromatic nitrogens is 2. The number of ether oxygens (including phenoxy) is 3. The molecule has 3 aromatic rings. The molecule has 0 aliphatic rings. The van der Waals surface area contributed by atoms with Gasteiger partial charge in [0.1, 0.15) is 36.5 Å². The summed E-state index contributed by atoms with van der Waals surface area (Å²) in [6.45, 7) is -1.10. The van der Waals surface area contributed by atoms with Crippen LogP contribution in [0, 0.1) is 18.6 Å². The molecule has 0 bridgehead atoms. The Morgan fingerprint density at radius 3 is 2.28 bits per heavy atom. The topological polar surface area (TPSA) is 65.5 Å². The first-order valence-corrected chi connectivity index (χ1v) is 10.2. The summed E-state index contributed by atoms with van der Waals surface area (Å²) in [6, 6.07) is 3.54. The predicted octanol–water partition coefficient (Wildman–Crippen LogP) is 5.81. The normalized spacial score (nSPS) is 12.2. The van der Waals surface area contributed by atoms with Gasteiger partial charge in [-0.2, -0.15) is 26.3 Å². The number of benzene rings is 2. The van der Waals surface area contributed by atoms with Crippen LogP contribution in [0.15, 0.2) is 24.3 Å². The molecule has 1 aromatic heterocycles. The largest absolute Gasteiger partial charge is 0.493 e. The molecular weight excluding hydrogens is 506 g/mol. The van der Waals surface area contributed by atoms with E-state index in [0.29, 0.717) is 11.6 Å². The molecule has 36 heavy (non-hydrogen) atoms. The van der Waals surface area contributed by atoms with Crippen LogP contribution in [0.3, 0.4) is 0 Å². The fourth-order valence-electron chi connectivity index (χ4n) is 3.22. The van der Waals surface area contributed by atoms with Crippen molar-refractivity contribution in [1.82, 2.24) is 9.97 Å². The van der Waals surface area contributed by atoms with Crippen molar-refractivity contribution in [2.24, 2.45) is 0 Å². The van der Waals surface area contributed by atoms with E-state index < -0.39 is 48.3 Å². The molecule has 3 rings (SSSR count). The second-order valence-corrected chi connectivity index (χ2v) is 7.43. The molecule has 1 N–H and O–H groups in total. The van der Waals surface area contributed by atoms with Gasteiger partial charge in [0, 0.05) is 23.6 Å². The monoisotopic (exact) mass is 525 g/mol. The van der Waals surface area contributed by atoms with Crippen LogP contribution < -0.4 is 14.8 Å². The molecule has 1 heterocycles. The number of fused-ring (bicyclic) bond motifs is 1. The third-order valence-corrected chi connectivity index (χ3v) is 4.71. The summed E-state index contributed by atoms with van der Waals surface area (Å²) in [7, 11) is 1.33. The first-order chi connectivity index (χ1) is 16.8. The lowest BCUT2D eigenvalue weighted by Gasteiger charge is -2.16. The van der Waals surface area contributed by atoms with Crippen LogP contribution >= 0.6 is 0 Å². The maximum absolute atomic E-state index is 14.4. The average Bonchev–Trinajstić information content (AvgIpc) is 2.77. The Hall–Kier alpha value is -3.42. The zero-order valence-corrected chi connectivity index (χ0v) is 18.8. The van der Waals surface area contributed by atoms with Gasteiger partial charge in [-0.05, 0) is 25.1 Å². The lowest BCUT2D eigenvalue weighted by atomic mass is 10.1. The van der Waals surface area contributed by atoms with Crippen molar-refractivity contribution in [2.45, 2.75) is 25.8 Å². The molecule has 0 unspecified atom stereocenters. The van der Waals surface area contributed by atoms with Gasteiger partial charge in [-0.15, -0.1) is 0 Å². The minimum absolute atomic E-state index is 0.0653. The maximum Gasteiger partial charge on any atom is 0.419 e. The number of halogens is 8. The van der Waals surface area contributed by atoms with Gasteiger partial charge in [0.15, 0.2) is 11.5 Å². The lowest BCUT2D eigenvalue weighted by molar-refractivity contribution is -0.175. The molecular formula is C22H19F8N3O3. The highest BCUT2D eigenvalue weighted by Gasteiger charge is 2.35. The summed E-state index contributed by atoms with van der Waals surface area (Å²) in [6.07, 6.45) is -9.58. The molecule has 0 saturated carbocycles. The Morgan fingerprint density at radius 2 is 1.64 bits per heavy atom. The third-order valence-electron chi connectivity index (χ3n) is 4.71. The quantitative estimate of drug-likeness (QED) is 0.281. The minimum atomic E-state index is -5.09. The van der Waals surface area contributed by atoms with E-state index >= 15 is 0 Å². The molecule has 196 valence electrons. The first-order valence-electron chi connectivity index (χ1n) is 10.2. The number of rotatable bonds is 9. The van der Waals surface area contributed by atoms with Crippen molar-refractivity contribution in [2.75, 3.05) is 32.2 Å². The number of nitrogens with one attached hydrogen (secondary N) is 1. The van der Waals surface area contributed by atoms with Gasteiger partial charge in [0.05, 0.1) is 24.8 Å². The summed E-state index contributed by atoms with van der Waals surface area (Å²) in [4.78, 5) is 8.40. The van der Waals surface area contributed by atoms with Gasteiger partial charge in [0.2, 0.25) is 0 Å². The van der Waals surface area contributed by atoms with E-state index in [1.54, 1.807) is 0 Å². The molecule has 0 spiro atoms. The Morgan fingerprint density at radius 1 is 0.917 bits per heavy atom. The Kier molecular flexibility index (Phi) is 8.06. The fraction of sp³-hybridized carbons (Fsp3) is 0.364. The van der Waals surface area contributed by atoms with Crippen LogP contribution in [0.1, 0.15) is 17.0 Å². The molecule has 0 saturated heterocycles. The Balaban J connectivity index is 1.87. The number of aryl methyl sites for hydroxylation is 1. The second kappa shape index (κ2) is 10.7. The van der Waals surface area contributed by atoms with Crippen molar-refractivity contribution in [1.29, 1.82) is 0 Å². The molecule has 14 heteroatoms. The van der Waals surface area contributed by atoms with Crippen molar-refractivity contribution >= 4 is 16.7 Å². The molecule has 0 aliphatic heterocycles. The van der Waals surface area contributed by atoms with Gasteiger partial charge in [-0.1, -0.05) is 0 Å². The molecule has 6 nitrogen and oxygen atoms in total. The maximum atomic E-state index is 14.4. The molecule has 0 atom stereocenters. The summed E-state index contributed by atoms with van der Waals surface area (Å²) >= 11 is 0. The highest BCUT2D eigenvalue weighted by atomic mass is 19.4. The van der Waals surface area contributed by atoms with Crippen LogP contribution in [0.4, 0.5) is 40.9 Å². The van der Waals surface area contributed by atoms with E-state index in [1.807, 2.05) is 0 Å². The van der Waals surface area contributed by atoms with Gasteiger partial charge in [-0.25, -0.2) is 18.7 Å². The summed E-state index contributed by atoms with van der Waals surface area (Å²) in [5.41, 5.74) is -2.01. The first kappa shape index (κ1) is 27.2. The number of hydrogen-bond donors (Lipinski definition) is 1. The van der Waals surface area contributed by atoms with Crippen molar-refractivity contribution < 1.29 is 49.3 Å². The van der Waals surface area contributed by atoms with E-state index in [4.69, 9.17) is 9.47 Å². The van der Waals surface area contributed by atoms with Gasteiger partial charge < -0.3 is 19.5 Å². The Labute approximate surface area is 199 Å². The number of methoxy groups -OCH3 is 1. The zero-order valence-electron chi connectivity index (χ0n) is 18.8. The molecule has 0 radical (unpaired) electrons. The van der Waals surface area contributed by atoms with Crippen LogP contribution in [0.5, 0.6) is 11.5 Å².